The van der Waals surface area contributed by atoms with Gasteiger partial charge in [-0.05, 0) is 6.92 Å². The third kappa shape index (κ3) is 7.09. The van der Waals surface area contributed by atoms with Crippen molar-refractivity contribution in [3.8, 4) is 0 Å². The van der Waals surface area contributed by atoms with Crippen molar-refractivity contribution in [2.45, 2.75) is 13.5 Å². The monoisotopic (exact) mass is 305 g/mol. The number of hydrogen-bond acceptors (Lipinski definition) is 5. The van der Waals surface area contributed by atoms with Gasteiger partial charge in [-0.25, -0.2) is 18.1 Å². The molecule has 0 radical (unpaired) electrons. The number of thiazole rings is 1. The highest BCUT2D eigenvalue weighted by Gasteiger charge is 2.02. The zero-order chi connectivity index (χ0) is 14.3. The minimum atomic E-state index is -3.14. The molecule has 0 aromatic carbocycles. The van der Waals surface area contributed by atoms with E-state index in [0.29, 0.717) is 25.6 Å². The average Bonchev–Trinajstić information content (AvgIpc) is 2.73. The van der Waals surface area contributed by atoms with E-state index in [2.05, 4.69) is 25.3 Å². The van der Waals surface area contributed by atoms with Gasteiger partial charge in [-0.3, -0.25) is 4.99 Å². The summed E-state index contributed by atoms with van der Waals surface area (Å²) in [7, 11) is -1.48. The highest BCUT2D eigenvalue weighted by molar-refractivity contribution is 7.88. The van der Waals surface area contributed by atoms with Crippen molar-refractivity contribution in [3.05, 3.63) is 16.1 Å². The molecular weight excluding hydrogens is 286 g/mol. The molecule has 7 nitrogen and oxygen atoms in total. The molecule has 0 saturated carbocycles. The molecule has 9 heteroatoms. The lowest BCUT2D eigenvalue weighted by Crippen LogP contribution is -2.41. The van der Waals surface area contributed by atoms with Gasteiger partial charge in [0, 0.05) is 31.2 Å². The van der Waals surface area contributed by atoms with E-state index in [0.717, 1.165) is 17.0 Å². The molecule has 0 bridgehead atoms. The van der Waals surface area contributed by atoms with E-state index < -0.39 is 10.0 Å². The standard InChI is InChI=1S/C10H19N5O2S2/c1-8-7-18-9(15-8)6-13-10(11-2)12-4-5-14-19(3,16)17/h7,14H,4-6H2,1-3H3,(H2,11,12,13). The predicted octanol–water partition coefficient (Wildman–Crippen LogP) is -0.334. The summed E-state index contributed by atoms with van der Waals surface area (Å²) < 4.78 is 24.1. The molecule has 0 aliphatic heterocycles. The molecular formula is C10H19N5O2S2. The number of hydrogen-bond donors (Lipinski definition) is 3. The van der Waals surface area contributed by atoms with E-state index in [1.165, 1.54) is 0 Å². The van der Waals surface area contributed by atoms with Crippen LogP contribution >= 0.6 is 11.3 Å². The van der Waals surface area contributed by atoms with Gasteiger partial charge in [-0.15, -0.1) is 11.3 Å². The molecule has 3 N–H and O–H groups in total. The van der Waals surface area contributed by atoms with Crippen LogP contribution in [0.25, 0.3) is 0 Å². The first-order chi connectivity index (χ1) is 8.90. The molecule has 0 fully saturated rings. The molecule has 0 aliphatic carbocycles. The SMILES string of the molecule is CN=C(NCCNS(C)(=O)=O)NCc1nc(C)cs1. The van der Waals surface area contributed by atoms with Crippen molar-refractivity contribution in [2.24, 2.45) is 4.99 Å². The van der Waals surface area contributed by atoms with Gasteiger partial charge in [-0.2, -0.15) is 0 Å². The smallest absolute Gasteiger partial charge is 0.208 e. The van der Waals surface area contributed by atoms with Crippen LogP contribution in [0.2, 0.25) is 0 Å². The highest BCUT2D eigenvalue weighted by Crippen LogP contribution is 2.07. The van der Waals surface area contributed by atoms with Crippen molar-refractivity contribution in [1.82, 2.24) is 20.3 Å². The zero-order valence-corrected chi connectivity index (χ0v) is 12.9. The van der Waals surface area contributed by atoms with Crippen molar-refractivity contribution >= 4 is 27.3 Å². The third-order valence-corrected chi connectivity index (χ3v) is 3.77. The van der Waals surface area contributed by atoms with E-state index >= 15 is 0 Å². The van der Waals surface area contributed by atoms with E-state index in [9.17, 15) is 8.42 Å². The fourth-order valence-electron chi connectivity index (χ4n) is 1.28. The number of guanidine groups is 1. The molecule has 108 valence electrons. The Labute approximate surface area is 117 Å². The molecule has 0 amide bonds. The summed E-state index contributed by atoms with van der Waals surface area (Å²) in [5, 5.41) is 9.08. The number of nitrogens with zero attached hydrogens (tertiary/aromatic N) is 2. The number of sulfonamides is 1. The Balaban J connectivity index is 2.27. The lowest BCUT2D eigenvalue weighted by Gasteiger charge is -2.10. The van der Waals surface area contributed by atoms with Crippen LogP contribution in [0.4, 0.5) is 0 Å². The van der Waals surface area contributed by atoms with E-state index in [-0.39, 0.29) is 0 Å². The molecule has 1 aromatic heterocycles. The van der Waals surface area contributed by atoms with Gasteiger partial charge >= 0.3 is 0 Å². The van der Waals surface area contributed by atoms with Gasteiger partial charge in [0.2, 0.25) is 10.0 Å². The lowest BCUT2D eigenvalue weighted by atomic mass is 10.5. The number of aliphatic imine (C=N–C) groups is 1. The second-order valence-corrected chi connectivity index (χ2v) is 6.68. The number of aryl methyl sites for hydroxylation is 1. The third-order valence-electron chi connectivity index (χ3n) is 2.08. The summed E-state index contributed by atoms with van der Waals surface area (Å²) in [6, 6.07) is 0. The first-order valence-electron chi connectivity index (χ1n) is 5.71. The molecule has 0 atom stereocenters. The Morgan fingerprint density at radius 1 is 1.42 bits per heavy atom. The summed E-state index contributed by atoms with van der Waals surface area (Å²) in [5.41, 5.74) is 1.00. The zero-order valence-electron chi connectivity index (χ0n) is 11.2. The van der Waals surface area contributed by atoms with Gasteiger partial charge in [0.15, 0.2) is 5.96 Å². The van der Waals surface area contributed by atoms with Crippen LogP contribution in [-0.2, 0) is 16.6 Å². The van der Waals surface area contributed by atoms with Gasteiger partial charge in [0.25, 0.3) is 0 Å². The largest absolute Gasteiger partial charge is 0.355 e. The molecule has 0 unspecified atom stereocenters. The van der Waals surface area contributed by atoms with Crippen LogP contribution < -0.4 is 15.4 Å². The maximum Gasteiger partial charge on any atom is 0.208 e. The number of nitrogens with one attached hydrogen (secondary N) is 3. The molecule has 0 spiro atoms. The van der Waals surface area contributed by atoms with Gasteiger partial charge in [0.05, 0.1) is 12.8 Å². The van der Waals surface area contributed by atoms with Crippen LogP contribution in [0.15, 0.2) is 10.4 Å². The fourth-order valence-corrected chi connectivity index (χ4v) is 2.47. The van der Waals surface area contributed by atoms with Crippen molar-refractivity contribution < 1.29 is 8.42 Å². The highest BCUT2D eigenvalue weighted by atomic mass is 32.2. The summed E-state index contributed by atoms with van der Waals surface area (Å²) in [6.45, 7) is 3.32. The van der Waals surface area contributed by atoms with Crippen LogP contribution in [0.1, 0.15) is 10.7 Å². The summed E-state index contributed by atoms with van der Waals surface area (Å²) in [4.78, 5) is 8.37. The van der Waals surface area contributed by atoms with Crippen LogP contribution in [0.3, 0.4) is 0 Å². The topological polar surface area (TPSA) is 95.5 Å². The van der Waals surface area contributed by atoms with E-state index in [1.807, 2.05) is 12.3 Å². The second-order valence-electron chi connectivity index (χ2n) is 3.90. The summed E-state index contributed by atoms with van der Waals surface area (Å²) in [6.07, 6.45) is 1.13. The maximum absolute atomic E-state index is 10.9. The molecule has 0 saturated heterocycles. The van der Waals surface area contributed by atoms with Gasteiger partial charge in [-0.1, -0.05) is 0 Å². The Kier molecular flexibility index (Phi) is 6.19. The second kappa shape index (κ2) is 7.41. The number of aromatic nitrogens is 1. The fraction of sp³-hybridized carbons (Fsp3) is 0.600. The Bertz CT molecular complexity index is 524. The molecule has 0 aliphatic rings. The molecule has 1 heterocycles. The first kappa shape index (κ1) is 15.9. The van der Waals surface area contributed by atoms with E-state index in [1.54, 1.807) is 18.4 Å². The maximum atomic E-state index is 10.9. The van der Waals surface area contributed by atoms with Crippen LogP contribution in [0, 0.1) is 6.92 Å². The first-order valence-corrected chi connectivity index (χ1v) is 8.48. The number of rotatable bonds is 6. The van der Waals surface area contributed by atoms with Crippen LogP contribution in [-0.4, -0.2) is 45.8 Å². The molecule has 1 rings (SSSR count). The predicted molar refractivity (Wildman–Crippen MR) is 77.9 cm³/mol. The van der Waals surface area contributed by atoms with Crippen molar-refractivity contribution in [3.63, 3.8) is 0 Å². The average molecular weight is 305 g/mol. The summed E-state index contributed by atoms with van der Waals surface area (Å²) >= 11 is 1.59. The van der Waals surface area contributed by atoms with Gasteiger partial charge in [0.1, 0.15) is 5.01 Å². The quantitative estimate of drug-likeness (QED) is 0.380. The Hall–Kier alpha value is -1.19. The van der Waals surface area contributed by atoms with Crippen LogP contribution in [0.5, 0.6) is 0 Å². The summed E-state index contributed by atoms with van der Waals surface area (Å²) in [5.74, 6) is 0.614. The Morgan fingerprint density at radius 2 is 2.16 bits per heavy atom. The van der Waals surface area contributed by atoms with Gasteiger partial charge < -0.3 is 10.6 Å². The lowest BCUT2D eigenvalue weighted by molar-refractivity contribution is 0.586. The Morgan fingerprint density at radius 3 is 2.68 bits per heavy atom. The molecule has 1 aromatic rings. The minimum Gasteiger partial charge on any atom is -0.355 e. The van der Waals surface area contributed by atoms with Crippen molar-refractivity contribution in [1.29, 1.82) is 0 Å². The van der Waals surface area contributed by atoms with E-state index in [4.69, 9.17) is 0 Å². The normalized spacial score (nSPS) is 12.5. The minimum absolute atomic E-state index is 0.315. The molecule has 19 heavy (non-hydrogen) atoms. The van der Waals surface area contributed by atoms with Crippen molar-refractivity contribution in [2.75, 3.05) is 26.4 Å².